The van der Waals surface area contributed by atoms with Crippen molar-refractivity contribution in [2.75, 3.05) is 13.2 Å². The van der Waals surface area contributed by atoms with Crippen LogP contribution in [-0.2, 0) is 22.6 Å². The maximum absolute atomic E-state index is 12.6. The molecule has 0 spiro atoms. The Morgan fingerprint density at radius 1 is 1.17 bits per heavy atom. The van der Waals surface area contributed by atoms with Crippen LogP contribution in [0.5, 0.6) is 0 Å². The minimum atomic E-state index is -0.330. The zero-order chi connectivity index (χ0) is 20.1. The highest BCUT2D eigenvalue weighted by Crippen LogP contribution is 2.22. The summed E-state index contributed by atoms with van der Waals surface area (Å²) in [7, 11) is 0. The first-order valence-corrected chi connectivity index (χ1v) is 9.99. The number of hydrogen-bond donors (Lipinski definition) is 2. The summed E-state index contributed by atoms with van der Waals surface area (Å²) < 4.78 is 7.52. The van der Waals surface area contributed by atoms with E-state index in [4.69, 9.17) is 9.84 Å². The summed E-state index contributed by atoms with van der Waals surface area (Å²) in [5.74, 6) is -0.0491. The normalized spacial score (nSPS) is 19.1. The molecule has 4 rings (SSSR count). The lowest BCUT2D eigenvalue weighted by Crippen LogP contribution is -2.55. The Morgan fingerprint density at radius 2 is 1.90 bits per heavy atom. The number of ether oxygens (including phenoxy) is 1. The predicted molar refractivity (Wildman–Crippen MR) is 112 cm³/mol. The lowest BCUT2D eigenvalue weighted by molar-refractivity contribution is -0.129. The number of morpholine rings is 1. The van der Waals surface area contributed by atoms with E-state index in [1.165, 1.54) is 5.56 Å². The van der Waals surface area contributed by atoms with Crippen LogP contribution in [0, 0.1) is 0 Å². The second kappa shape index (κ2) is 9.03. The average molecular weight is 390 g/mol. The van der Waals surface area contributed by atoms with Crippen molar-refractivity contribution in [1.29, 1.82) is 0 Å². The number of rotatable bonds is 6. The molecule has 1 amide bonds. The van der Waals surface area contributed by atoms with Gasteiger partial charge in [-0.15, -0.1) is 0 Å². The van der Waals surface area contributed by atoms with Gasteiger partial charge in [-0.05, 0) is 12.5 Å². The molecule has 0 saturated carbocycles. The molecular weight excluding hydrogens is 364 g/mol. The van der Waals surface area contributed by atoms with Crippen molar-refractivity contribution >= 4 is 5.91 Å². The molecule has 0 aliphatic carbocycles. The first kappa shape index (κ1) is 19.4. The largest absolute Gasteiger partial charge is 0.375 e. The van der Waals surface area contributed by atoms with Gasteiger partial charge in [-0.1, -0.05) is 60.7 Å². The van der Waals surface area contributed by atoms with E-state index in [1.54, 1.807) is 0 Å². The number of nitrogens with zero attached hydrogens (tertiary/aromatic N) is 2. The van der Waals surface area contributed by atoms with Crippen LogP contribution in [0.4, 0.5) is 0 Å². The lowest BCUT2D eigenvalue weighted by atomic mass is 10.1. The molecule has 29 heavy (non-hydrogen) atoms. The summed E-state index contributed by atoms with van der Waals surface area (Å²) in [6.07, 6.45) is 1.88. The van der Waals surface area contributed by atoms with E-state index in [9.17, 15) is 4.79 Å². The van der Waals surface area contributed by atoms with Gasteiger partial charge < -0.3 is 15.4 Å². The summed E-state index contributed by atoms with van der Waals surface area (Å²) in [6.45, 7) is 4.35. The van der Waals surface area contributed by atoms with E-state index >= 15 is 0 Å². The van der Waals surface area contributed by atoms with Crippen molar-refractivity contribution in [2.24, 2.45) is 0 Å². The number of carbonyl (C=O) groups excluding carboxylic acids is 1. The van der Waals surface area contributed by atoms with Gasteiger partial charge in [-0.25, -0.2) is 0 Å². The van der Waals surface area contributed by atoms with Crippen LogP contribution in [0.2, 0.25) is 0 Å². The Morgan fingerprint density at radius 3 is 2.62 bits per heavy atom. The highest BCUT2D eigenvalue weighted by molar-refractivity contribution is 5.82. The van der Waals surface area contributed by atoms with Gasteiger partial charge in [-0.3, -0.25) is 9.48 Å². The van der Waals surface area contributed by atoms with Crippen LogP contribution in [0.25, 0.3) is 11.3 Å². The number of carbonyl (C=O) groups is 1. The topological polar surface area (TPSA) is 68.2 Å². The molecule has 2 heterocycles. The number of hydrogen-bond acceptors (Lipinski definition) is 4. The maximum Gasteiger partial charge on any atom is 0.240 e. The Hall–Kier alpha value is -2.96. The smallest absolute Gasteiger partial charge is 0.240 e. The van der Waals surface area contributed by atoms with Crippen molar-refractivity contribution in [3.05, 3.63) is 78.0 Å². The van der Waals surface area contributed by atoms with Crippen LogP contribution < -0.4 is 10.6 Å². The minimum absolute atomic E-state index is 0.0491. The average Bonchev–Trinajstić information content (AvgIpc) is 3.16. The van der Waals surface area contributed by atoms with Gasteiger partial charge in [0.2, 0.25) is 5.91 Å². The van der Waals surface area contributed by atoms with E-state index in [2.05, 4.69) is 22.8 Å². The predicted octanol–water partition coefficient (Wildman–Crippen LogP) is 2.59. The second-order valence-corrected chi connectivity index (χ2v) is 7.28. The molecule has 6 nitrogen and oxygen atoms in total. The Bertz CT molecular complexity index is 940. The molecule has 0 bridgehead atoms. The molecule has 2 aromatic carbocycles. The Labute approximate surface area is 170 Å². The van der Waals surface area contributed by atoms with E-state index in [1.807, 2.05) is 66.3 Å². The second-order valence-electron chi connectivity index (χ2n) is 7.28. The van der Waals surface area contributed by atoms with Crippen molar-refractivity contribution in [1.82, 2.24) is 20.4 Å². The summed E-state index contributed by atoms with van der Waals surface area (Å²) in [5, 5.41) is 11.1. The first-order chi connectivity index (χ1) is 14.2. The van der Waals surface area contributed by atoms with E-state index in [-0.39, 0.29) is 18.1 Å². The van der Waals surface area contributed by atoms with Gasteiger partial charge in [0.05, 0.1) is 24.9 Å². The zero-order valence-corrected chi connectivity index (χ0v) is 16.5. The summed E-state index contributed by atoms with van der Waals surface area (Å²) in [5.41, 5.74) is 4.10. The van der Waals surface area contributed by atoms with Crippen molar-refractivity contribution in [3.8, 4) is 11.3 Å². The van der Waals surface area contributed by atoms with Crippen LogP contribution in [0.1, 0.15) is 18.1 Å². The van der Waals surface area contributed by atoms with E-state index in [0.29, 0.717) is 26.2 Å². The molecule has 0 radical (unpaired) electrons. The van der Waals surface area contributed by atoms with E-state index in [0.717, 1.165) is 16.8 Å². The molecule has 1 saturated heterocycles. The third-order valence-electron chi connectivity index (χ3n) is 5.12. The van der Waals surface area contributed by atoms with Crippen molar-refractivity contribution in [3.63, 3.8) is 0 Å². The fourth-order valence-corrected chi connectivity index (χ4v) is 3.60. The molecule has 150 valence electrons. The van der Waals surface area contributed by atoms with Gasteiger partial charge in [0, 0.05) is 30.4 Å². The third kappa shape index (κ3) is 4.72. The quantitative estimate of drug-likeness (QED) is 0.679. The summed E-state index contributed by atoms with van der Waals surface area (Å²) in [6, 6.07) is 20.0. The zero-order valence-electron chi connectivity index (χ0n) is 16.5. The van der Waals surface area contributed by atoms with Crippen LogP contribution >= 0.6 is 0 Å². The molecule has 1 aliphatic heterocycles. The Balaban J connectivity index is 1.53. The third-order valence-corrected chi connectivity index (χ3v) is 5.12. The maximum atomic E-state index is 12.6. The lowest BCUT2D eigenvalue weighted by Gasteiger charge is -2.29. The molecule has 2 atom stereocenters. The fraction of sp³-hybridized carbons (Fsp3) is 0.304. The molecule has 3 aromatic rings. The molecular formula is C23H26N4O2. The van der Waals surface area contributed by atoms with E-state index < -0.39 is 0 Å². The van der Waals surface area contributed by atoms with Crippen LogP contribution in [-0.4, -0.2) is 41.0 Å². The van der Waals surface area contributed by atoms with Crippen molar-refractivity contribution < 1.29 is 9.53 Å². The number of aromatic nitrogens is 2. The van der Waals surface area contributed by atoms with Gasteiger partial charge in [-0.2, -0.15) is 5.10 Å². The van der Waals surface area contributed by atoms with Gasteiger partial charge in [0.1, 0.15) is 6.04 Å². The molecule has 0 unspecified atom stereocenters. The summed E-state index contributed by atoms with van der Waals surface area (Å²) >= 11 is 0. The van der Waals surface area contributed by atoms with Crippen LogP contribution in [0.3, 0.4) is 0 Å². The monoisotopic (exact) mass is 390 g/mol. The summed E-state index contributed by atoms with van der Waals surface area (Å²) in [4.78, 5) is 12.6. The number of benzene rings is 2. The van der Waals surface area contributed by atoms with Crippen LogP contribution in [0.15, 0.2) is 66.9 Å². The first-order valence-electron chi connectivity index (χ1n) is 9.99. The molecule has 1 fully saturated rings. The Kier molecular flexibility index (Phi) is 6.03. The van der Waals surface area contributed by atoms with Gasteiger partial charge in [0.25, 0.3) is 0 Å². The number of nitrogens with one attached hydrogen (secondary N) is 2. The molecule has 1 aliphatic rings. The highest BCUT2D eigenvalue weighted by atomic mass is 16.5. The highest BCUT2D eigenvalue weighted by Gasteiger charge is 2.28. The SMILES string of the molecule is C[C@H]1OCCN[C@@H]1C(=O)NCc1cn(Cc2ccccc2)nc1-c1ccccc1. The van der Waals surface area contributed by atoms with Crippen molar-refractivity contribution in [2.45, 2.75) is 32.2 Å². The minimum Gasteiger partial charge on any atom is -0.375 e. The standard InChI is InChI=1S/C23H26N4O2/c1-17-21(24-12-13-29-17)23(28)25-14-20-16-27(15-18-8-4-2-5-9-18)26-22(20)19-10-6-3-7-11-19/h2-11,16-17,21,24H,12-15H2,1H3,(H,25,28)/t17-,21+/m1/s1. The molecule has 1 aromatic heterocycles. The molecule has 6 heteroatoms. The number of amides is 1. The fourth-order valence-electron chi connectivity index (χ4n) is 3.60. The molecule has 2 N–H and O–H groups in total. The van der Waals surface area contributed by atoms with Gasteiger partial charge in [0.15, 0.2) is 0 Å². The van der Waals surface area contributed by atoms with Gasteiger partial charge >= 0.3 is 0 Å².